The SMILES string of the molecule is CC(C)N(C(C)C)[P+](O)(OCCC#N)OCC(O)CO. The summed E-state index contributed by atoms with van der Waals surface area (Å²) in [4.78, 5) is 10.7. The van der Waals surface area contributed by atoms with Crippen molar-refractivity contribution >= 4 is 8.09 Å². The molecule has 7 nitrogen and oxygen atoms in total. The number of nitrogens with zero attached hydrogens (tertiary/aromatic N) is 2. The van der Waals surface area contributed by atoms with E-state index in [0.29, 0.717) is 0 Å². The Bertz CT molecular complexity index is 303. The van der Waals surface area contributed by atoms with E-state index >= 15 is 0 Å². The summed E-state index contributed by atoms with van der Waals surface area (Å²) < 4.78 is 12.5. The zero-order chi connectivity index (χ0) is 15.8. The molecule has 0 fully saturated rings. The highest BCUT2D eigenvalue weighted by atomic mass is 31.2. The number of hydrogen-bond acceptors (Lipinski definition) is 7. The van der Waals surface area contributed by atoms with Gasteiger partial charge in [0, 0.05) is 12.1 Å². The Balaban J connectivity index is 4.95. The Morgan fingerprint density at radius 3 is 2.15 bits per heavy atom. The van der Waals surface area contributed by atoms with E-state index in [1.54, 1.807) is 4.67 Å². The van der Waals surface area contributed by atoms with Crippen LogP contribution in [0.1, 0.15) is 34.1 Å². The first-order chi connectivity index (χ1) is 9.28. The molecule has 0 aliphatic rings. The summed E-state index contributed by atoms with van der Waals surface area (Å²) in [5.74, 6) is 0. The van der Waals surface area contributed by atoms with Gasteiger partial charge in [-0.25, -0.2) is 0 Å². The van der Waals surface area contributed by atoms with Gasteiger partial charge in [0.25, 0.3) is 0 Å². The highest BCUT2D eigenvalue weighted by molar-refractivity contribution is 7.58. The van der Waals surface area contributed by atoms with Crippen LogP contribution in [0.15, 0.2) is 0 Å². The predicted molar refractivity (Wildman–Crippen MR) is 76.5 cm³/mol. The summed E-state index contributed by atoms with van der Waals surface area (Å²) in [7, 11) is -3.38. The highest BCUT2D eigenvalue weighted by Gasteiger charge is 2.52. The molecule has 0 aromatic heterocycles. The summed E-state index contributed by atoms with van der Waals surface area (Å²) >= 11 is 0. The molecule has 0 radical (unpaired) electrons. The van der Waals surface area contributed by atoms with Gasteiger partial charge in [-0.15, -0.1) is 0 Å². The zero-order valence-corrected chi connectivity index (χ0v) is 13.5. The molecule has 0 spiro atoms. The van der Waals surface area contributed by atoms with Gasteiger partial charge in [0.15, 0.2) is 0 Å². The van der Waals surface area contributed by atoms with E-state index in [4.69, 9.17) is 19.4 Å². The van der Waals surface area contributed by atoms with E-state index in [0.717, 1.165) is 0 Å². The van der Waals surface area contributed by atoms with Gasteiger partial charge in [-0.2, -0.15) is 19.2 Å². The molecule has 0 saturated carbocycles. The summed E-state index contributed by atoms with van der Waals surface area (Å²) in [5.41, 5.74) is 0. The Labute approximate surface area is 121 Å². The van der Waals surface area contributed by atoms with Crippen LogP contribution in [-0.4, -0.2) is 57.8 Å². The van der Waals surface area contributed by atoms with Crippen molar-refractivity contribution in [2.45, 2.75) is 52.3 Å². The molecule has 118 valence electrons. The molecule has 0 aliphatic heterocycles. The Morgan fingerprint density at radius 2 is 1.75 bits per heavy atom. The molecule has 0 saturated heterocycles. The van der Waals surface area contributed by atoms with Gasteiger partial charge in [-0.05, 0) is 27.7 Å². The fourth-order valence-electron chi connectivity index (χ4n) is 1.80. The van der Waals surface area contributed by atoms with Crippen LogP contribution in [-0.2, 0) is 9.05 Å². The smallest absolute Gasteiger partial charge is 0.394 e. The predicted octanol–water partition coefficient (Wildman–Crippen LogP) is 1.08. The van der Waals surface area contributed by atoms with Crippen molar-refractivity contribution < 1.29 is 24.2 Å². The Kier molecular flexibility index (Phi) is 9.43. The molecular formula is C12H26N2O5P+. The summed E-state index contributed by atoms with van der Waals surface area (Å²) in [6.45, 7) is 6.93. The van der Waals surface area contributed by atoms with Crippen LogP contribution in [0.5, 0.6) is 0 Å². The summed E-state index contributed by atoms with van der Waals surface area (Å²) in [6.07, 6.45) is -0.944. The molecule has 2 unspecified atom stereocenters. The van der Waals surface area contributed by atoms with E-state index in [1.807, 2.05) is 33.8 Å². The molecule has 0 bridgehead atoms. The number of rotatable bonds is 10. The molecule has 2 atom stereocenters. The van der Waals surface area contributed by atoms with Crippen molar-refractivity contribution in [1.29, 1.82) is 5.26 Å². The standard InChI is InChI=1S/C12H26N2O5P/c1-10(2)14(11(3)4)20(17,18-7-5-6-13)19-9-12(16)8-15/h10-12,15-17H,5,7-9H2,1-4H3/q+1. The minimum absolute atomic E-state index is 0.0401. The number of aliphatic hydroxyl groups excluding tert-OH is 2. The highest BCUT2D eigenvalue weighted by Crippen LogP contribution is 2.62. The van der Waals surface area contributed by atoms with Crippen molar-refractivity contribution in [3.8, 4) is 6.07 Å². The maximum absolute atomic E-state index is 10.7. The topological polar surface area (TPSA) is 106 Å². The average molecular weight is 309 g/mol. The number of hydrogen-bond donors (Lipinski definition) is 3. The van der Waals surface area contributed by atoms with Crippen molar-refractivity contribution in [3.05, 3.63) is 0 Å². The lowest BCUT2D eigenvalue weighted by atomic mass is 10.3. The quantitative estimate of drug-likeness (QED) is 0.409. The first-order valence-corrected chi connectivity index (χ1v) is 8.17. The minimum Gasteiger partial charge on any atom is -0.394 e. The van der Waals surface area contributed by atoms with Crippen LogP contribution in [0, 0.1) is 11.3 Å². The van der Waals surface area contributed by atoms with Gasteiger partial charge in [0.2, 0.25) is 0 Å². The van der Waals surface area contributed by atoms with Crippen LogP contribution < -0.4 is 0 Å². The molecular weight excluding hydrogens is 283 g/mol. The summed E-state index contributed by atoms with van der Waals surface area (Å²) in [6, 6.07) is 1.85. The lowest BCUT2D eigenvalue weighted by Crippen LogP contribution is -2.39. The third-order valence-electron chi connectivity index (χ3n) is 2.47. The fraction of sp³-hybridized carbons (Fsp3) is 0.917. The van der Waals surface area contributed by atoms with Crippen LogP contribution in [0.3, 0.4) is 0 Å². The third-order valence-corrected chi connectivity index (χ3v) is 4.98. The third kappa shape index (κ3) is 6.42. The van der Waals surface area contributed by atoms with Crippen molar-refractivity contribution in [2.24, 2.45) is 0 Å². The second kappa shape index (κ2) is 9.59. The normalized spacial score (nSPS) is 16.4. The van der Waals surface area contributed by atoms with Crippen LogP contribution in [0.4, 0.5) is 0 Å². The molecule has 0 aliphatic carbocycles. The Morgan fingerprint density at radius 1 is 1.20 bits per heavy atom. The van der Waals surface area contributed by atoms with E-state index in [2.05, 4.69) is 0 Å². The van der Waals surface area contributed by atoms with Crippen LogP contribution >= 0.6 is 8.09 Å². The molecule has 0 aromatic carbocycles. The van der Waals surface area contributed by atoms with Crippen LogP contribution in [0.2, 0.25) is 0 Å². The van der Waals surface area contributed by atoms with E-state index in [9.17, 15) is 10.00 Å². The van der Waals surface area contributed by atoms with Crippen molar-refractivity contribution in [2.75, 3.05) is 19.8 Å². The average Bonchev–Trinajstić information content (AvgIpc) is 2.35. The van der Waals surface area contributed by atoms with Gasteiger partial charge in [-0.1, -0.05) is 4.67 Å². The lowest BCUT2D eigenvalue weighted by molar-refractivity contribution is 0.0255. The Hall–Kier alpha value is -0.320. The molecule has 0 amide bonds. The molecule has 0 rings (SSSR count). The zero-order valence-electron chi connectivity index (χ0n) is 12.6. The summed E-state index contributed by atoms with van der Waals surface area (Å²) in [5, 5.41) is 26.7. The fourth-order valence-corrected chi connectivity index (χ4v) is 4.00. The van der Waals surface area contributed by atoms with E-state index in [1.165, 1.54) is 0 Å². The largest absolute Gasteiger partial charge is 0.502 e. The van der Waals surface area contributed by atoms with E-state index in [-0.39, 0.29) is 31.7 Å². The van der Waals surface area contributed by atoms with Crippen molar-refractivity contribution in [3.63, 3.8) is 0 Å². The van der Waals surface area contributed by atoms with Crippen LogP contribution in [0.25, 0.3) is 0 Å². The number of aliphatic hydroxyl groups is 2. The van der Waals surface area contributed by atoms with Gasteiger partial charge in [-0.3, -0.25) is 0 Å². The second-order valence-corrected chi connectivity index (χ2v) is 6.89. The van der Waals surface area contributed by atoms with E-state index < -0.39 is 20.8 Å². The first kappa shape index (κ1) is 19.7. The maximum atomic E-state index is 10.7. The molecule has 0 heterocycles. The van der Waals surface area contributed by atoms with Crippen molar-refractivity contribution in [1.82, 2.24) is 4.67 Å². The van der Waals surface area contributed by atoms with Gasteiger partial charge < -0.3 is 10.2 Å². The molecule has 3 N–H and O–H groups in total. The van der Waals surface area contributed by atoms with Gasteiger partial charge in [0.05, 0.1) is 19.1 Å². The first-order valence-electron chi connectivity index (χ1n) is 6.64. The number of nitriles is 1. The van der Waals surface area contributed by atoms with Gasteiger partial charge >= 0.3 is 8.09 Å². The molecule has 20 heavy (non-hydrogen) atoms. The monoisotopic (exact) mass is 309 g/mol. The van der Waals surface area contributed by atoms with Gasteiger partial charge in [0.1, 0.15) is 19.3 Å². The molecule has 8 heteroatoms. The lowest BCUT2D eigenvalue weighted by Gasteiger charge is -2.32. The minimum atomic E-state index is -3.38. The molecule has 0 aromatic rings. The maximum Gasteiger partial charge on any atom is 0.502 e. The second-order valence-electron chi connectivity index (χ2n) is 4.93.